The average molecular weight is 397 g/mol. The molecule has 3 heterocycles. The minimum Gasteiger partial charge on any atom is -0.325 e. The fraction of sp³-hybridized carbons (Fsp3) is 0.0556. The Kier molecular flexibility index (Phi) is 4.99. The molecule has 0 fully saturated rings. The Labute approximate surface area is 163 Å². The van der Waals surface area contributed by atoms with Crippen molar-refractivity contribution in [2.45, 2.75) is 5.03 Å². The maximum absolute atomic E-state index is 12.2. The largest absolute Gasteiger partial charge is 0.325 e. The second-order valence-corrected chi connectivity index (χ2v) is 6.98. The van der Waals surface area contributed by atoms with E-state index in [2.05, 4.69) is 25.6 Å². The Morgan fingerprint density at radius 3 is 2.78 bits per heavy atom. The lowest BCUT2D eigenvalue weighted by Crippen LogP contribution is -2.14. The first-order valence-electron chi connectivity index (χ1n) is 8.00. The molecule has 4 rings (SSSR count). The summed E-state index contributed by atoms with van der Waals surface area (Å²) in [5.74, 6) is 0.707. The Bertz CT molecular complexity index is 1100. The SMILES string of the molecule is O=C(CSc1ccc2nnc(-c3ccncc3)n2n1)Nc1cccc(Cl)c1. The van der Waals surface area contributed by atoms with Gasteiger partial charge in [0.2, 0.25) is 5.91 Å². The standard InChI is InChI=1S/C18H13ClN6OS/c19-13-2-1-3-14(10-13)21-16(26)11-27-17-5-4-15-22-23-18(25(15)24-17)12-6-8-20-9-7-12/h1-10H,11H2,(H,21,26). The van der Waals surface area contributed by atoms with Crippen molar-refractivity contribution in [2.75, 3.05) is 11.1 Å². The summed E-state index contributed by atoms with van der Waals surface area (Å²) < 4.78 is 1.66. The number of pyridine rings is 1. The first-order valence-corrected chi connectivity index (χ1v) is 9.36. The van der Waals surface area contributed by atoms with Crippen molar-refractivity contribution in [1.82, 2.24) is 24.8 Å². The van der Waals surface area contributed by atoms with Crippen LogP contribution in [-0.2, 0) is 4.79 Å². The number of amides is 1. The fourth-order valence-corrected chi connectivity index (χ4v) is 3.28. The summed E-state index contributed by atoms with van der Waals surface area (Å²) in [5.41, 5.74) is 2.16. The molecule has 1 amide bonds. The van der Waals surface area contributed by atoms with Gasteiger partial charge in [-0.3, -0.25) is 9.78 Å². The number of nitrogens with zero attached hydrogens (tertiary/aromatic N) is 5. The van der Waals surface area contributed by atoms with Gasteiger partial charge in [0.05, 0.1) is 5.75 Å². The number of carbonyl (C=O) groups is 1. The summed E-state index contributed by atoms with van der Waals surface area (Å²) in [6.07, 6.45) is 3.38. The molecule has 1 N–H and O–H groups in total. The highest BCUT2D eigenvalue weighted by molar-refractivity contribution is 7.99. The maximum Gasteiger partial charge on any atom is 0.234 e. The van der Waals surface area contributed by atoms with E-state index in [4.69, 9.17) is 11.6 Å². The molecule has 0 saturated heterocycles. The van der Waals surface area contributed by atoms with Gasteiger partial charge >= 0.3 is 0 Å². The molecule has 27 heavy (non-hydrogen) atoms. The number of carbonyl (C=O) groups excluding carboxylic acids is 1. The van der Waals surface area contributed by atoms with Crippen molar-refractivity contribution in [2.24, 2.45) is 0 Å². The second-order valence-electron chi connectivity index (χ2n) is 5.55. The lowest BCUT2D eigenvalue weighted by atomic mass is 10.2. The van der Waals surface area contributed by atoms with Crippen LogP contribution in [0.5, 0.6) is 0 Å². The van der Waals surface area contributed by atoms with Crippen molar-refractivity contribution in [1.29, 1.82) is 0 Å². The van der Waals surface area contributed by atoms with E-state index in [1.54, 1.807) is 41.2 Å². The van der Waals surface area contributed by atoms with E-state index in [0.29, 0.717) is 27.2 Å². The average Bonchev–Trinajstić information content (AvgIpc) is 3.10. The summed E-state index contributed by atoms with van der Waals surface area (Å²) in [6, 6.07) is 14.4. The number of fused-ring (bicyclic) bond motifs is 1. The van der Waals surface area contributed by atoms with Crippen LogP contribution in [0.25, 0.3) is 17.0 Å². The first kappa shape index (κ1) is 17.4. The van der Waals surface area contributed by atoms with Crippen LogP contribution in [0, 0.1) is 0 Å². The Morgan fingerprint density at radius 2 is 1.96 bits per heavy atom. The highest BCUT2D eigenvalue weighted by Crippen LogP contribution is 2.21. The lowest BCUT2D eigenvalue weighted by molar-refractivity contribution is -0.113. The van der Waals surface area contributed by atoms with Gasteiger partial charge in [-0.1, -0.05) is 29.4 Å². The summed E-state index contributed by atoms with van der Waals surface area (Å²) in [7, 11) is 0. The lowest BCUT2D eigenvalue weighted by Gasteiger charge is -2.06. The van der Waals surface area contributed by atoms with Crippen molar-refractivity contribution < 1.29 is 4.79 Å². The van der Waals surface area contributed by atoms with Crippen LogP contribution in [0.4, 0.5) is 5.69 Å². The number of nitrogens with one attached hydrogen (secondary N) is 1. The van der Waals surface area contributed by atoms with Crippen LogP contribution in [0.3, 0.4) is 0 Å². The molecule has 7 nitrogen and oxygen atoms in total. The van der Waals surface area contributed by atoms with Gasteiger partial charge in [-0.25, -0.2) is 0 Å². The van der Waals surface area contributed by atoms with Crippen molar-refractivity contribution in [3.05, 3.63) is 65.9 Å². The third-order valence-corrected chi connectivity index (χ3v) is 4.79. The van der Waals surface area contributed by atoms with Gasteiger partial charge in [0.25, 0.3) is 0 Å². The van der Waals surface area contributed by atoms with E-state index in [1.165, 1.54) is 11.8 Å². The molecule has 4 aromatic rings. The highest BCUT2D eigenvalue weighted by Gasteiger charge is 2.11. The molecule has 0 aliphatic carbocycles. The normalized spacial score (nSPS) is 10.9. The zero-order chi connectivity index (χ0) is 18.6. The molecule has 0 spiro atoms. The Hall–Kier alpha value is -2.97. The van der Waals surface area contributed by atoms with Crippen molar-refractivity contribution in [3.63, 3.8) is 0 Å². The van der Waals surface area contributed by atoms with E-state index >= 15 is 0 Å². The minimum absolute atomic E-state index is 0.137. The molecule has 3 aromatic heterocycles. The fourth-order valence-electron chi connectivity index (χ4n) is 2.43. The number of benzene rings is 1. The first-order chi connectivity index (χ1) is 13.2. The van der Waals surface area contributed by atoms with Gasteiger partial charge in [0, 0.05) is 28.7 Å². The molecule has 134 valence electrons. The van der Waals surface area contributed by atoms with E-state index in [-0.39, 0.29) is 11.7 Å². The van der Waals surface area contributed by atoms with Crippen LogP contribution < -0.4 is 5.32 Å². The number of halogens is 1. The third-order valence-electron chi connectivity index (χ3n) is 3.64. The molecule has 0 aliphatic rings. The molecular formula is C18H13ClN6OS. The summed E-state index contributed by atoms with van der Waals surface area (Å²) in [5, 5.41) is 16.9. The molecular weight excluding hydrogens is 384 g/mol. The van der Waals surface area contributed by atoms with Crippen molar-refractivity contribution >= 4 is 40.6 Å². The number of anilines is 1. The molecule has 0 aliphatic heterocycles. The van der Waals surface area contributed by atoms with Gasteiger partial charge in [0.1, 0.15) is 5.03 Å². The topological polar surface area (TPSA) is 85.1 Å². The van der Waals surface area contributed by atoms with E-state index in [9.17, 15) is 4.79 Å². The molecule has 0 atom stereocenters. The van der Waals surface area contributed by atoms with Crippen LogP contribution in [0.1, 0.15) is 0 Å². The van der Waals surface area contributed by atoms with Crippen molar-refractivity contribution in [3.8, 4) is 11.4 Å². The highest BCUT2D eigenvalue weighted by atomic mass is 35.5. The predicted molar refractivity (Wildman–Crippen MR) is 105 cm³/mol. The third kappa shape index (κ3) is 4.07. The number of hydrogen-bond donors (Lipinski definition) is 1. The minimum atomic E-state index is -0.137. The van der Waals surface area contributed by atoms with Gasteiger partial charge < -0.3 is 5.32 Å². The van der Waals surface area contributed by atoms with Crippen LogP contribution in [-0.4, -0.2) is 36.5 Å². The van der Waals surface area contributed by atoms with Crippen LogP contribution in [0.2, 0.25) is 5.02 Å². The molecule has 0 unspecified atom stereocenters. The Morgan fingerprint density at radius 1 is 1.11 bits per heavy atom. The quantitative estimate of drug-likeness (QED) is 0.519. The smallest absolute Gasteiger partial charge is 0.234 e. The predicted octanol–water partition coefficient (Wildman–Crippen LogP) is 3.57. The summed E-state index contributed by atoms with van der Waals surface area (Å²) in [4.78, 5) is 16.2. The molecule has 0 radical (unpaired) electrons. The molecule has 0 saturated carbocycles. The zero-order valence-corrected chi connectivity index (χ0v) is 15.5. The summed E-state index contributed by atoms with van der Waals surface area (Å²) >= 11 is 7.26. The number of hydrogen-bond acceptors (Lipinski definition) is 6. The number of aromatic nitrogens is 5. The Balaban J connectivity index is 1.48. The molecule has 0 bridgehead atoms. The van der Waals surface area contributed by atoms with Gasteiger partial charge in [-0.2, -0.15) is 9.61 Å². The van der Waals surface area contributed by atoms with E-state index < -0.39 is 0 Å². The van der Waals surface area contributed by atoms with Gasteiger partial charge in [-0.15, -0.1) is 10.2 Å². The summed E-state index contributed by atoms with van der Waals surface area (Å²) in [6.45, 7) is 0. The second kappa shape index (κ2) is 7.73. The zero-order valence-electron chi connectivity index (χ0n) is 13.9. The number of thioether (sulfide) groups is 1. The van der Waals surface area contributed by atoms with Gasteiger partial charge in [0.15, 0.2) is 11.5 Å². The van der Waals surface area contributed by atoms with Crippen LogP contribution >= 0.6 is 23.4 Å². The monoisotopic (exact) mass is 396 g/mol. The molecule has 1 aromatic carbocycles. The van der Waals surface area contributed by atoms with E-state index in [1.807, 2.05) is 24.3 Å². The maximum atomic E-state index is 12.2. The van der Waals surface area contributed by atoms with Gasteiger partial charge in [-0.05, 0) is 42.5 Å². The molecule has 9 heteroatoms. The van der Waals surface area contributed by atoms with E-state index in [0.717, 1.165) is 5.56 Å². The number of rotatable bonds is 5. The van der Waals surface area contributed by atoms with Crippen LogP contribution in [0.15, 0.2) is 66.0 Å².